The third-order valence-electron chi connectivity index (χ3n) is 2.08. The molecule has 5 heteroatoms. The van der Waals surface area contributed by atoms with Gasteiger partial charge >= 0.3 is 0 Å². The van der Waals surface area contributed by atoms with Gasteiger partial charge in [-0.2, -0.15) is 4.98 Å². The number of allylic oxidation sites excluding steroid dienone is 4. The molecule has 0 saturated heterocycles. The Labute approximate surface area is 101 Å². The van der Waals surface area contributed by atoms with Gasteiger partial charge in [-0.3, -0.25) is 0 Å². The van der Waals surface area contributed by atoms with Gasteiger partial charge in [-0.1, -0.05) is 17.8 Å². The van der Waals surface area contributed by atoms with Gasteiger partial charge in [0.15, 0.2) is 0 Å². The van der Waals surface area contributed by atoms with Gasteiger partial charge in [0, 0.05) is 5.57 Å². The van der Waals surface area contributed by atoms with Crippen LogP contribution in [0.5, 0.6) is 0 Å². The van der Waals surface area contributed by atoms with Crippen LogP contribution in [0.3, 0.4) is 0 Å². The van der Waals surface area contributed by atoms with Gasteiger partial charge in [0.25, 0.3) is 0 Å². The fraction of sp³-hybridized carbons (Fsp3) is 0.333. The smallest absolute Gasteiger partial charge is 0.240 e. The Bertz CT molecular complexity index is 433. The number of nitrogens with zero attached hydrogens (tertiary/aromatic N) is 2. The Morgan fingerprint density at radius 1 is 1.53 bits per heavy atom. The molecule has 92 valence electrons. The summed E-state index contributed by atoms with van der Waals surface area (Å²) in [4.78, 5) is 4.24. The van der Waals surface area contributed by atoms with E-state index in [0.717, 1.165) is 5.57 Å². The molecule has 1 heterocycles. The quantitative estimate of drug-likeness (QED) is 0.603. The van der Waals surface area contributed by atoms with Crippen LogP contribution in [0.1, 0.15) is 18.6 Å². The van der Waals surface area contributed by atoms with Crippen LogP contribution in [0, 0.1) is 0 Å². The first-order valence-electron chi connectivity index (χ1n) is 5.26. The first-order chi connectivity index (χ1) is 8.21. The molecule has 17 heavy (non-hydrogen) atoms. The first-order valence-corrected chi connectivity index (χ1v) is 5.26. The molecule has 0 saturated carbocycles. The van der Waals surface area contributed by atoms with Gasteiger partial charge in [-0.05, 0) is 26.1 Å². The van der Waals surface area contributed by atoms with E-state index in [1.54, 1.807) is 13.2 Å². The number of rotatable bonds is 6. The minimum atomic E-state index is 0.554. The van der Waals surface area contributed by atoms with Gasteiger partial charge in [-0.15, -0.1) is 0 Å². The molecule has 1 aromatic heterocycles. The highest BCUT2D eigenvalue weighted by Gasteiger charge is 2.07. The predicted octanol–water partition coefficient (Wildman–Crippen LogP) is 1.91. The topological polar surface area (TPSA) is 60.2 Å². The summed E-state index contributed by atoms with van der Waals surface area (Å²) in [6, 6.07) is 0. The van der Waals surface area contributed by atoms with Crippen LogP contribution in [0.25, 0.3) is 5.57 Å². The Morgan fingerprint density at radius 2 is 2.29 bits per heavy atom. The second-order valence-electron chi connectivity index (χ2n) is 3.29. The van der Waals surface area contributed by atoms with E-state index in [9.17, 15) is 0 Å². The van der Waals surface area contributed by atoms with E-state index in [0.29, 0.717) is 24.0 Å². The molecular weight excluding hydrogens is 218 g/mol. The molecule has 0 amide bonds. The number of aromatic nitrogens is 2. The van der Waals surface area contributed by atoms with E-state index in [4.69, 9.17) is 9.26 Å². The van der Waals surface area contributed by atoms with Gasteiger partial charge in [-0.25, -0.2) is 0 Å². The van der Waals surface area contributed by atoms with Crippen LogP contribution in [-0.2, 0) is 11.3 Å². The van der Waals surface area contributed by atoms with E-state index in [-0.39, 0.29) is 0 Å². The Balaban J connectivity index is 2.80. The van der Waals surface area contributed by atoms with Crippen LogP contribution in [0.15, 0.2) is 35.1 Å². The van der Waals surface area contributed by atoms with Crippen molar-refractivity contribution in [2.45, 2.75) is 13.5 Å². The van der Waals surface area contributed by atoms with E-state index in [2.05, 4.69) is 22.0 Å². The molecule has 0 bridgehead atoms. The molecule has 0 aliphatic rings. The molecule has 5 nitrogen and oxygen atoms in total. The summed E-state index contributed by atoms with van der Waals surface area (Å²) in [5.74, 6) is 1.68. The molecule has 0 aliphatic heterocycles. The lowest BCUT2D eigenvalue weighted by atomic mass is 10.2. The number of hydrogen-bond acceptors (Lipinski definition) is 5. The molecule has 1 aromatic rings. The zero-order valence-electron chi connectivity index (χ0n) is 10.4. The van der Waals surface area contributed by atoms with Crippen molar-refractivity contribution in [3.8, 4) is 0 Å². The third-order valence-corrected chi connectivity index (χ3v) is 2.08. The lowest BCUT2D eigenvalue weighted by Crippen LogP contribution is -2.05. The Kier molecular flexibility index (Phi) is 5.16. The zero-order valence-corrected chi connectivity index (χ0v) is 10.4. The number of methoxy groups -OCH3 is 1. The average molecular weight is 235 g/mol. The van der Waals surface area contributed by atoms with Crippen molar-refractivity contribution >= 4 is 5.57 Å². The van der Waals surface area contributed by atoms with Crippen LogP contribution in [0.2, 0.25) is 0 Å². The molecule has 0 aromatic carbocycles. The predicted molar refractivity (Wildman–Crippen MR) is 66.0 cm³/mol. The van der Waals surface area contributed by atoms with E-state index in [1.165, 1.54) is 0 Å². The Hall–Kier alpha value is -1.88. The molecule has 0 radical (unpaired) electrons. The van der Waals surface area contributed by atoms with Crippen molar-refractivity contribution in [1.29, 1.82) is 0 Å². The molecular formula is C12H17N3O2. The zero-order chi connectivity index (χ0) is 12.7. The lowest BCUT2D eigenvalue weighted by molar-refractivity contribution is 0.309. The normalized spacial score (nSPS) is 12.1. The summed E-state index contributed by atoms with van der Waals surface area (Å²) < 4.78 is 10.0. The van der Waals surface area contributed by atoms with E-state index < -0.39 is 0 Å². The summed E-state index contributed by atoms with van der Waals surface area (Å²) in [5.41, 5.74) is 0.856. The molecule has 0 unspecified atom stereocenters. The monoisotopic (exact) mass is 235 g/mol. The summed E-state index contributed by atoms with van der Waals surface area (Å²) >= 11 is 0. The van der Waals surface area contributed by atoms with Crippen LogP contribution in [-0.4, -0.2) is 24.3 Å². The maximum atomic E-state index is 5.07. The molecule has 0 atom stereocenters. The largest absolute Gasteiger partial charge is 0.497 e. The SMILES string of the molecule is C=C(/C=C\C(=C/C)c1noc(CNC)n1)OC. The van der Waals surface area contributed by atoms with Gasteiger partial charge in [0.2, 0.25) is 11.7 Å². The minimum absolute atomic E-state index is 0.554. The van der Waals surface area contributed by atoms with Crippen molar-refractivity contribution in [3.05, 3.63) is 42.3 Å². The third kappa shape index (κ3) is 3.88. The number of ether oxygens (including phenoxy) is 1. The second kappa shape index (κ2) is 6.65. The maximum Gasteiger partial charge on any atom is 0.240 e. The van der Waals surface area contributed by atoms with Crippen molar-refractivity contribution < 1.29 is 9.26 Å². The highest BCUT2D eigenvalue weighted by Crippen LogP contribution is 2.13. The molecule has 1 N–H and O–H groups in total. The van der Waals surface area contributed by atoms with Crippen molar-refractivity contribution in [1.82, 2.24) is 15.5 Å². The maximum absolute atomic E-state index is 5.07. The van der Waals surface area contributed by atoms with Gasteiger partial charge < -0.3 is 14.6 Å². The minimum Gasteiger partial charge on any atom is -0.497 e. The van der Waals surface area contributed by atoms with Gasteiger partial charge in [0.05, 0.1) is 13.7 Å². The second-order valence-corrected chi connectivity index (χ2v) is 3.29. The van der Waals surface area contributed by atoms with Crippen molar-refractivity contribution in [2.75, 3.05) is 14.2 Å². The lowest BCUT2D eigenvalue weighted by Gasteiger charge is -1.96. The van der Waals surface area contributed by atoms with Crippen LogP contribution in [0.4, 0.5) is 0 Å². The van der Waals surface area contributed by atoms with Crippen LogP contribution < -0.4 is 5.32 Å². The van der Waals surface area contributed by atoms with E-state index in [1.807, 2.05) is 26.1 Å². The van der Waals surface area contributed by atoms with E-state index >= 15 is 0 Å². The molecule has 0 aliphatic carbocycles. The summed E-state index contributed by atoms with van der Waals surface area (Å²) in [5, 5.41) is 6.84. The summed E-state index contributed by atoms with van der Waals surface area (Å²) in [7, 11) is 3.39. The molecule has 0 spiro atoms. The first kappa shape index (κ1) is 13.2. The molecule has 1 rings (SSSR count). The fourth-order valence-corrected chi connectivity index (χ4v) is 1.15. The molecule has 0 fully saturated rings. The Morgan fingerprint density at radius 3 is 2.88 bits per heavy atom. The van der Waals surface area contributed by atoms with Crippen LogP contribution >= 0.6 is 0 Å². The highest BCUT2D eigenvalue weighted by atomic mass is 16.5. The number of nitrogens with one attached hydrogen (secondary N) is 1. The number of hydrogen-bond donors (Lipinski definition) is 1. The summed E-state index contributed by atoms with van der Waals surface area (Å²) in [6.45, 7) is 6.16. The average Bonchev–Trinajstić information content (AvgIpc) is 2.78. The van der Waals surface area contributed by atoms with Gasteiger partial charge in [0.1, 0.15) is 5.76 Å². The standard InChI is InChI=1S/C12H17N3O2/c1-5-10(7-6-9(2)16-4)12-14-11(8-13-3)17-15-12/h5-7,13H,2,8H2,1,3-4H3/b7-6-,10-5+. The van der Waals surface area contributed by atoms with Crippen molar-refractivity contribution in [2.24, 2.45) is 0 Å². The fourth-order valence-electron chi connectivity index (χ4n) is 1.15. The summed E-state index contributed by atoms with van der Waals surface area (Å²) in [6.07, 6.45) is 5.48. The van der Waals surface area contributed by atoms with Crippen molar-refractivity contribution in [3.63, 3.8) is 0 Å². The highest BCUT2D eigenvalue weighted by molar-refractivity contribution is 5.69.